The third-order valence-corrected chi connectivity index (χ3v) is 6.30. The van der Waals surface area contributed by atoms with Crippen molar-refractivity contribution in [3.63, 3.8) is 0 Å². The minimum absolute atomic E-state index is 0.0829. The van der Waals surface area contributed by atoms with Crippen molar-refractivity contribution in [2.45, 2.75) is 56.8 Å². The number of amides is 2. The number of carbonyl (C=O) groups excluding carboxylic acids is 1. The van der Waals surface area contributed by atoms with Gasteiger partial charge in [0.2, 0.25) is 0 Å². The normalized spacial score (nSPS) is 28.6. The van der Waals surface area contributed by atoms with Gasteiger partial charge in [0.15, 0.2) is 0 Å². The van der Waals surface area contributed by atoms with Gasteiger partial charge in [0.05, 0.1) is 20.3 Å². The SMILES string of the molecule is COc1ccccc1CN1[C@@H]2CCC[C@H]1CC(NC(=O)N1CCOCC1)C2. The lowest BCUT2D eigenvalue weighted by Gasteiger charge is -2.49. The molecule has 3 aliphatic heterocycles. The molecule has 27 heavy (non-hydrogen) atoms. The number of urea groups is 1. The highest BCUT2D eigenvalue weighted by Crippen LogP contribution is 2.36. The maximum atomic E-state index is 12.6. The zero-order valence-electron chi connectivity index (χ0n) is 16.2. The Balaban J connectivity index is 1.39. The van der Waals surface area contributed by atoms with Crippen LogP contribution in [0.15, 0.2) is 24.3 Å². The number of hydrogen-bond acceptors (Lipinski definition) is 4. The lowest BCUT2D eigenvalue weighted by molar-refractivity contribution is 0.0156. The van der Waals surface area contributed by atoms with Crippen LogP contribution in [0.2, 0.25) is 0 Å². The Bertz CT molecular complexity index is 633. The summed E-state index contributed by atoms with van der Waals surface area (Å²) in [5.41, 5.74) is 1.26. The zero-order chi connectivity index (χ0) is 18.6. The van der Waals surface area contributed by atoms with Crippen LogP contribution in [-0.4, -0.2) is 67.4 Å². The molecule has 3 atom stereocenters. The van der Waals surface area contributed by atoms with Gasteiger partial charge in [0.1, 0.15) is 5.75 Å². The third-order valence-electron chi connectivity index (χ3n) is 6.30. The molecule has 6 nitrogen and oxygen atoms in total. The number of nitrogens with zero attached hydrogens (tertiary/aromatic N) is 2. The molecular weight excluding hydrogens is 342 g/mol. The smallest absolute Gasteiger partial charge is 0.317 e. The average Bonchev–Trinajstić information content (AvgIpc) is 2.69. The fourth-order valence-corrected chi connectivity index (χ4v) is 4.92. The molecule has 3 saturated heterocycles. The molecule has 1 aromatic rings. The van der Waals surface area contributed by atoms with E-state index >= 15 is 0 Å². The Morgan fingerprint density at radius 2 is 1.89 bits per heavy atom. The van der Waals surface area contributed by atoms with Crippen LogP contribution in [0.25, 0.3) is 0 Å². The average molecular weight is 373 g/mol. The topological polar surface area (TPSA) is 54.0 Å². The molecule has 0 saturated carbocycles. The molecule has 3 heterocycles. The Morgan fingerprint density at radius 3 is 2.59 bits per heavy atom. The van der Waals surface area contributed by atoms with E-state index in [0.717, 1.165) is 25.1 Å². The Labute approximate surface area is 161 Å². The second-order valence-corrected chi connectivity index (χ2v) is 7.94. The van der Waals surface area contributed by atoms with E-state index in [1.54, 1.807) is 7.11 Å². The Kier molecular flexibility index (Phi) is 5.83. The van der Waals surface area contributed by atoms with Gasteiger partial charge in [-0.05, 0) is 31.7 Å². The Hall–Kier alpha value is -1.79. The van der Waals surface area contributed by atoms with Crippen molar-refractivity contribution in [1.82, 2.24) is 15.1 Å². The van der Waals surface area contributed by atoms with Crippen LogP contribution in [0, 0.1) is 0 Å². The highest BCUT2D eigenvalue weighted by atomic mass is 16.5. The molecule has 4 rings (SSSR count). The summed E-state index contributed by atoms with van der Waals surface area (Å²) in [5, 5.41) is 3.30. The van der Waals surface area contributed by atoms with E-state index in [0.29, 0.717) is 38.4 Å². The van der Waals surface area contributed by atoms with Gasteiger partial charge >= 0.3 is 6.03 Å². The number of carbonyl (C=O) groups is 1. The van der Waals surface area contributed by atoms with Crippen molar-refractivity contribution in [3.8, 4) is 5.75 Å². The van der Waals surface area contributed by atoms with Crippen LogP contribution >= 0.6 is 0 Å². The highest BCUT2D eigenvalue weighted by Gasteiger charge is 2.39. The molecule has 0 spiro atoms. The summed E-state index contributed by atoms with van der Waals surface area (Å²) in [6.45, 7) is 3.63. The molecule has 0 radical (unpaired) electrons. The molecule has 1 N–H and O–H groups in total. The molecular formula is C21H31N3O3. The largest absolute Gasteiger partial charge is 0.496 e. The second kappa shape index (κ2) is 8.48. The van der Waals surface area contributed by atoms with Crippen molar-refractivity contribution >= 4 is 6.03 Å². The van der Waals surface area contributed by atoms with E-state index in [1.807, 2.05) is 17.0 Å². The zero-order valence-corrected chi connectivity index (χ0v) is 16.2. The number of hydrogen-bond donors (Lipinski definition) is 1. The molecule has 6 heteroatoms. The van der Waals surface area contributed by atoms with Gasteiger partial charge < -0.3 is 19.7 Å². The van der Waals surface area contributed by atoms with Gasteiger partial charge in [-0.1, -0.05) is 24.6 Å². The number of morpholine rings is 1. The summed E-state index contributed by atoms with van der Waals surface area (Å²) in [6, 6.07) is 9.76. The van der Waals surface area contributed by atoms with E-state index in [2.05, 4.69) is 22.3 Å². The number of rotatable bonds is 4. The molecule has 0 aliphatic carbocycles. The van der Waals surface area contributed by atoms with E-state index < -0.39 is 0 Å². The summed E-state index contributed by atoms with van der Waals surface area (Å²) in [6.07, 6.45) is 5.82. The summed E-state index contributed by atoms with van der Waals surface area (Å²) in [4.78, 5) is 17.1. The Morgan fingerprint density at radius 1 is 1.19 bits per heavy atom. The monoisotopic (exact) mass is 373 g/mol. The van der Waals surface area contributed by atoms with Crippen LogP contribution in [0.1, 0.15) is 37.7 Å². The number of ether oxygens (including phenoxy) is 2. The van der Waals surface area contributed by atoms with Gasteiger partial charge in [-0.15, -0.1) is 0 Å². The van der Waals surface area contributed by atoms with E-state index in [1.165, 1.54) is 24.8 Å². The van der Waals surface area contributed by atoms with Crippen LogP contribution in [0.4, 0.5) is 4.79 Å². The predicted octanol–water partition coefficient (Wildman–Crippen LogP) is 2.62. The predicted molar refractivity (Wildman–Crippen MR) is 104 cm³/mol. The number of fused-ring (bicyclic) bond motifs is 2. The maximum absolute atomic E-state index is 12.6. The molecule has 1 unspecified atom stereocenters. The van der Waals surface area contributed by atoms with Crippen LogP contribution in [0.3, 0.4) is 0 Å². The summed E-state index contributed by atoms with van der Waals surface area (Å²) in [5.74, 6) is 0.971. The molecule has 1 aromatic carbocycles. The van der Waals surface area contributed by atoms with Gasteiger partial charge in [-0.25, -0.2) is 4.79 Å². The summed E-state index contributed by atoms with van der Waals surface area (Å²) < 4.78 is 10.9. The summed E-state index contributed by atoms with van der Waals surface area (Å²) in [7, 11) is 1.74. The van der Waals surface area contributed by atoms with Crippen molar-refractivity contribution in [3.05, 3.63) is 29.8 Å². The van der Waals surface area contributed by atoms with Crippen LogP contribution in [-0.2, 0) is 11.3 Å². The van der Waals surface area contributed by atoms with Gasteiger partial charge in [-0.3, -0.25) is 4.90 Å². The van der Waals surface area contributed by atoms with E-state index in [9.17, 15) is 4.79 Å². The van der Waals surface area contributed by atoms with Gasteiger partial charge in [0, 0.05) is 43.3 Å². The standard InChI is InChI=1S/C21H31N3O3/c1-26-20-8-3-2-5-16(20)15-24-18-6-4-7-19(24)14-17(13-18)22-21(25)23-9-11-27-12-10-23/h2-3,5,8,17-19H,4,6-7,9-15H2,1H3,(H,22,25)/t17?,18-,19+. The van der Waals surface area contributed by atoms with Crippen molar-refractivity contribution in [2.75, 3.05) is 33.4 Å². The van der Waals surface area contributed by atoms with Gasteiger partial charge in [-0.2, -0.15) is 0 Å². The quantitative estimate of drug-likeness (QED) is 0.882. The molecule has 3 aliphatic rings. The molecule has 2 bridgehead atoms. The number of benzene rings is 1. The molecule has 3 fully saturated rings. The molecule has 0 aromatic heterocycles. The third kappa shape index (κ3) is 4.22. The molecule has 2 amide bonds. The molecule has 148 valence electrons. The maximum Gasteiger partial charge on any atom is 0.317 e. The minimum Gasteiger partial charge on any atom is -0.496 e. The van der Waals surface area contributed by atoms with Crippen LogP contribution in [0.5, 0.6) is 5.75 Å². The highest BCUT2D eigenvalue weighted by molar-refractivity contribution is 5.74. The number of methoxy groups -OCH3 is 1. The number of nitrogens with one attached hydrogen (secondary N) is 1. The van der Waals surface area contributed by atoms with Crippen molar-refractivity contribution in [2.24, 2.45) is 0 Å². The first-order valence-electron chi connectivity index (χ1n) is 10.3. The van der Waals surface area contributed by atoms with Crippen molar-refractivity contribution in [1.29, 1.82) is 0 Å². The lowest BCUT2D eigenvalue weighted by atomic mass is 9.81. The fraction of sp³-hybridized carbons (Fsp3) is 0.667. The lowest BCUT2D eigenvalue weighted by Crippen LogP contribution is -2.58. The first kappa shape index (κ1) is 18.6. The van der Waals surface area contributed by atoms with E-state index in [-0.39, 0.29) is 12.1 Å². The number of piperidine rings is 2. The minimum atomic E-state index is 0.0829. The first-order chi connectivity index (χ1) is 13.2. The van der Waals surface area contributed by atoms with Gasteiger partial charge in [0.25, 0.3) is 0 Å². The van der Waals surface area contributed by atoms with Crippen LogP contribution < -0.4 is 10.1 Å². The number of para-hydroxylation sites is 1. The second-order valence-electron chi connectivity index (χ2n) is 7.94. The first-order valence-corrected chi connectivity index (χ1v) is 10.3. The van der Waals surface area contributed by atoms with Crippen molar-refractivity contribution < 1.29 is 14.3 Å². The van der Waals surface area contributed by atoms with E-state index in [4.69, 9.17) is 9.47 Å². The summed E-state index contributed by atoms with van der Waals surface area (Å²) >= 11 is 0. The fourth-order valence-electron chi connectivity index (χ4n) is 4.92.